The number of carbonyl (C=O) groups excluding carboxylic acids is 1. The lowest BCUT2D eigenvalue weighted by Gasteiger charge is -2.32. The lowest BCUT2D eigenvalue weighted by atomic mass is 9.95. The molecule has 1 heterocycles. The van der Waals surface area contributed by atoms with E-state index in [1.807, 2.05) is 24.3 Å². The van der Waals surface area contributed by atoms with Crippen molar-refractivity contribution < 1.29 is 4.79 Å². The van der Waals surface area contributed by atoms with Crippen LogP contribution in [-0.4, -0.2) is 60.6 Å². The molecule has 3 aromatic rings. The molecule has 6 nitrogen and oxygen atoms in total. The van der Waals surface area contributed by atoms with Crippen LogP contribution in [0.3, 0.4) is 0 Å². The van der Waals surface area contributed by atoms with E-state index in [9.17, 15) is 4.79 Å². The summed E-state index contributed by atoms with van der Waals surface area (Å²) in [5.74, 6) is -0.181. The van der Waals surface area contributed by atoms with Crippen LogP contribution in [0, 0.1) is 0 Å². The molecular weight excluding hydrogens is 446 g/mol. The first-order valence-corrected chi connectivity index (χ1v) is 12.9. The van der Waals surface area contributed by atoms with Crippen molar-refractivity contribution in [3.8, 4) is 11.1 Å². The molecule has 0 aromatic heterocycles. The summed E-state index contributed by atoms with van der Waals surface area (Å²) in [6, 6.07) is 25.3. The molecule has 1 saturated heterocycles. The Labute approximate surface area is 214 Å². The third-order valence-corrected chi connectivity index (χ3v) is 7.60. The van der Waals surface area contributed by atoms with Crippen molar-refractivity contribution in [2.75, 3.05) is 33.2 Å². The van der Waals surface area contributed by atoms with Gasteiger partial charge in [-0.2, -0.15) is 0 Å². The number of hydrogen-bond acceptors (Lipinski definition) is 5. The van der Waals surface area contributed by atoms with Crippen LogP contribution >= 0.6 is 0 Å². The number of nitrogens with one attached hydrogen (secondary N) is 1. The molecule has 0 unspecified atom stereocenters. The van der Waals surface area contributed by atoms with Crippen LogP contribution in [0.5, 0.6) is 0 Å². The van der Waals surface area contributed by atoms with Gasteiger partial charge in [0.25, 0.3) is 0 Å². The van der Waals surface area contributed by atoms with E-state index in [0.717, 1.165) is 49.4 Å². The zero-order valence-corrected chi connectivity index (χ0v) is 21.1. The number of fused-ring (bicyclic) bond motifs is 1. The van der Waals surface area contributed by atoms with Gasteiger partial charge < -0.3 is 21.7 Å². The second-order valence-electron chi connectivity index (χ2n) is 10.5. The molecule has 2 aliphatic rings. The Bertz CT molecular complexity index is 1160. The number of nitrogens with zero attached hydrogens (tertiary/aromatic N) is 2. The van der Waals surface area contributed by atoms with Gasteiger partial charge >= 0.3 is 0 Å². The Morgan fingerprint density at radius 2 is 1.39 bits per heavy atom. The van der Waals surface area contributed by atoms with E-state index >= 15 is 0 Å². The average Bonchev–Trinajstić information content (AvgIpc) is 3.24. The number of rotatable bonds is 7. The van der Waals surface area contributed by atoms with Gasteiger partial charge in [-0.05, 0) is 53.3 Å². The topological polar surface area (TPSA) is 87.6 Å². The van der Waals surface area contributed by atoms with Gasteiger partial charge in [0, 0.05) is 39.1 Å². The summed E-state index contributed by atoms with van der Waals surface area (Å²) in [7, 11) is 2.19. The molecule has 1 atom stereocenters. The van der Waals surface area contributed by atoms with Gasteiger partial charge in [0.05, 0.1) is 6.17 Å². The Morgan fingerprint density at radius 3 is 1.94 bits per heavy atom. The third-order valence-electron chi connectivity index (χ3n) is 7.60. The molecule has 1 fully saturated rings. The van der Waals surface area contributed by atoms with Crippen LogP contribution < -0.4 is 16.8 Å². The molecule has 36 heavy (non-hydrogen) atoms. The number of benzene rings is 3. The minimum absolute atomic E-state index is 0.181. The highest BCUT2D eigenvalue weighted by Gasteiger charge is 2.40. The summed E-state index contributed by atoms with van der Waals surface area (Å²) in [5, 5.41) is 2.94. The second-order valence-corrected chi connectivity index (χ2v) is 10.5. The van der Waals surface area contributed by atoms with Crippen LogP contribution in [0.15, 0.2) is 72.8 Å². The first kappa shape index (κ1) is 24.7. The van der Waals surface area contributed by atoms with Crippen molar-refractivity contribution in [1.29, 1.82) is 0 Å². The van der Waals surface area contributed by atoms with Crippen molar-refractivity contribution in [1.82, 2.24) is 15.1 Å². The molecule has 1 aliphatic carbocycles. The highest BCUT2D eigenvalue weighted by molar-refractivity contribution is 5.88. The number of nitrogens with two attached hydrogens (primary N) is 2. The van der Waals surface area contributed by atoms with E-state index in [1.165, 1.54) is 16.7 Å². The molecule has 1 aliphatic heterocycles. The maximum atomic E-state index is 12.9. The van der Waals surface area contributed by atoms with Gasteiger partial charge in [0.2, 0.25) is 5.91 Å². The fourth-order valence-corrected chi connectivity index (χ4v) is 5.32. The zero-order valence-electron chi connectivity index (χ0n) is 21.1. The maximum Gasteiger partial charge on any atom is 0.241 e. The van der Waals surface area contributed by atoms with Crippen molar-refractivity contribution in [2.24, 2.45) is 11.5 Å². The Balaban J connectivity index is 1.13. The lowest BCUT2D eigenvalue weighted by Crippen LogP contribution is -2.59. The number of carbonyl (C=O) groups is 1. The number of hydrogen-bond donors (Lipinski definition) is 3. The standard InChI is InChI=1S/C30H37N5O/c1-34-14-16-35(17-15-34)21-23-8-12-25(13-9-23)24-10-6-22(7-11-24)18-28(31)33-29(36)30(32)19-26-4-2-3-5-27(26)20-30/h2-13,28H,14-21,31-32H2,1H3,(H,33,36)/t28-/m0/s1. The highest BCUT2D eigenvalue weighted by atomic mass is 16.2. The van der Waals surface area contributed by atoms with Gasteiger partial charge in [-0.1, -0.05) is 72.8 Å². The maximum absolute atomic E-state index is 12.9. The smallest absolute Gasteiger partial charge is 0.241 e. The van der Waals surface area contributed by atoms with Crippen LogP contribution in [0.4, 0.5) is 0 Å². The average molecular weight is 484 g/mol. The van der Waals surface area contributed by atoms with Gasteiger partial charge in [-0.3, -0.25) is 9.69 Å². The first-order valence-electron chi connectivity index (χ1n) is 12.9. The molecule has 5 rings (SSSR count). The fourth-order valence-electron chi connectivity index (χ4n) is 5.32. The van der Waals surface area contributed by atoms with Gasteiger partial charge in [-0.25, -0.2) is 0 Å². The molecule has 1 amide bonds. The summed E-state index contributed by atoms with van der Waals surface area (Å²) < 4.78 is 0. The summed E-state index contributed by atoms with van der Waals surface area (Å²) in [6.45, 7) is 5.54. The molecule has 0 spiro atoms. The zero-order chi connectivity index (χ0) is 25.1. The predicted molar refractivity (Wildman–Crippen MR) is 145 cm³/mol. The summed E-state index contributed by atoms with van der Waals surface area (Å²) in [4.78, 5) is 17.8. The third kappa shape index (κ3) is 5.68. The molecule has 0 radical (unpaired) electrons. The largest absolute Gasteiger partial charge is 0.339 e. The quantitative estimate of drug-likeness (QED) is 0.450. The SMILES string of the molecule is CN1CCN(Cc2ccc(-c3ccc(C[C@@H](N)NC(=O)C4(N)Cc5ccccc5C4)cc3)cc2)CC1. The molecule has 3 aromatic carbocycles. The van der Waals surface area contributed by atoms with Crippen LogP contribution in [0.25, 0.3) is 11.1 Å². The molecule has 0 saturated carbocycles. The van der Waals surface area contributed by atoms with Crippen molar-refractivity contribution in [3.63, 3.8) is 0 Å². The molecule has 5 N–H and O–H groups in total. The molecule has 0 bridgehead atoms. The Kier molecular flexibility index (Phi) is 7.21. The number of amides is 1. The highest BCUT2D eigenvalue weighted by Crippen LogP contribution is 2.28. The summed E-state index contributed by atoms with van der Waals surface area (Å²) in [6.07, 6.45) is 1.16. The predicted octanol–water partition coefficient (Wildman–Crippen LogP) is 2.54. The van der Waals surface area contributed by atoms with Crippen LogP contribution in [-0.2, 0) is 30.6 Å². The lowest BCUT2D eigenvalue weighted by molar-refractivity contribution is -0.126. The van der Waals surface area contributed by atoms with Gasteiger partial charge in [0.1, 0.15) is 5.54 Å². The summed E-state index contributed by atoms with van der Waals surface area (Å²) >= 11 is 0. The Hall–Kier alpha value is -3.03. The minimum atomic E-state index is -0.929. The van der Waals surface area contributed by atoms with Crippen molar-refractivity contribution in [3.05, 3.63) is 95.1 Å². The van der Waals surface area contributed by atoms with Gasteiger partial charge in [-0.15, -0.1) is 0 Å². The molecule has 188 valence electrons. The van der Waals surface area contributed by atoms with E-state index in [4.69, 9.17) is 11.5 Å². The molecular formula is C30H37N5O. The van der Waals surface area contributed by atoms with Crippen molar-refractivity contribution >= 4 is 5.91 Å². The number of likely N-dealkylation sites (N-methyl/N-ethyl adjacent to an activating group) is 1. The normalized spacial score (nSPS) is 18.5. The minimum Gasteiger partial charge on any atom is -0.339 e. The molecule has 6 heteroatoms. The number of piperazine rings is 1. The van der Waals surface area contributed by atoms with Gasteiger partial charge in [0.15, 0.2) is 0 Å². The van der Waals surface area contributed by atoms with Crippen LogP contribution in [0.2, 0.25) is 0 Å². The fraction of sp³-hybridized carbons (Fsp3) is 0.367. The first-order chi connectivity index (χ1) is 17.4. The second kappa shape index (κ2) is 10.5. The van der Waals surface area contributed by atoms with Crippen LogP contribution in [0.1, 0.15) is 22.3 Å². The van der Waals surface area contributed by atoms with E-state index < -0.39 is 11.7 Å². The monoisotopic (exact) mass is 483 g/mol. The Morgan fingerprint density at radius 1 is 0.861 bits per heavy atom. The van der Waals surface area contributed by atoms with Crippen molar-refractivity contribution in [2.45, 2.75) is 37.5 Å². The van der Waals surface area contributed by atoms with E-state index in [1.54, 1.807) is 0 Å². The van der Waals surface area contributed by atoms with E-state index in [-0.39, 0.29) is 5.91 Å². The van der Waals surface area contributed by atoms with E-state index in [2.05, 4.69) is 70.7 Å². The van der Waals surface area contributed by atoms with E-state index in [0.29, 0.717) is 19.3 Å². The summed E-state index contributed by atoms with van der Waals surface area (Å²) in [5.41, 5.74) is 18.9.